The molecule has 1 aliphatic rings. The van der Waals surface area contributed by atoms with E-state index in [4.69, 9.17) is 0 Å². The van der Waals surface area contributed by atoms with Gasteiger partial charge in [0.1, 0.15) is 5.82 Å². The lowest BCUT2D eigenvalue weighted by Gasteiger charge is -2.26. The summed E-state index contributed by atoms with van der Waals surface area (Å²) in [6, 6.07) is 6.26. The molecule has 0 bridgehead atoms. The van der Waals surface area contributed by atoms with Crippen molar-refractivity contribution >= 4 is 0 Å². The quantitative estimate of drug-likeness (QED) is 0.519. The Labute approximate surface area is 133 Å². The van der Waals surface area contributed by atoms with Gasteiger partial charge in [0.2, 0.25) is 0 Å². The summed E-state index contributed by atoms with van der Waals surface area (Å²) in [6.07, 6.45) is 2.91. The molecule has 1 atom stereocenters. The summed E-state index contributed by atoms with van der Waals surface area (Å²) >= 11 is 0. The molecule has 0 nitrogen and oxygen atoms in total. The summed E-state index contributed by atoms with van der Waals surface area (Å²) in [4.78, 5) is 0. The third-order valence-electron chi connectivity index (χ3n) is 4.61. The third-order valence-corrected chi connectivity index (χ3v) is 4.61. The molecule has 0 amide bonds. The molecular formula is C19H18F4. The highest BCUT2D eigenvalue weighted by molar-refractivity contribution is 5.37. The second kappa shape index (κ2) is 6.34. The molecule has 4 heteroatoms. The van der Waals surface area contributed by atoms with Crippen LogP contribution in [0.1, 0.15) is 47.9 Å². The normalized spacial score (nSPS) is 17.2. The van der Waals surface area contributed by atoms with E-state index in [0.717, 1.165) is 24.5 Å². The van der Waals surface area contributed by atoms with Crippen molar-refractivity contribution in [3.8, 4) is 0 Å². The van der Waals surface area contributed by atoms with Crippen molar-refractivity contribution in [1.29, 1.82) is 0 Å². The number of fused-ring (bicyclic) bond motifs is 1. The van der Waals surface area contributed by atoms with Crippen LogP contribution in [-0.4, -0.2) is 0 Å². The molecule has 0 N–H and O–H groups in total. The fourth-order valence-corrected chi connectivity index (χ4v) is 3.43. The van der Waals surface area contributed by atoms with Gasteiger partial charge >= 0.3 is 0 Å². The van der Waals surface area contributed by atoms with Gasteiger partial charge in [0.05, 0.1) is 0 Å². The molecule has 0 aromatic heterocycles. The summed E-state index contributed by atoms with van der Waals surface area (Å²) in [5, 5.41) is 0. The topological polar surface area (TPSA) is 0 Å². The number of benzene rings is 2. The van der Waals surface area contributed by atoms with Crippen molar-refractivity contribution < 1.29 is 17.6 Å². The van der Waals surface area contributed by atoms with Gasteiger partial charge in [0.25, 0.3) is 0 Å². The van der Waals surface area contributed by atoms with E-state index >= 15 is 0 Å². The monoisotopic (exact) mass is 322 g/mol. The van der Waals surface area contributed by atoms with Crippen molar-refractivity contribution in [2.75, 3.05) is 0 Å². The van der Waals surface area contributed by atoms with Gasteiger partial charge in [0, 0.05) is 0 Å². The lowest BCUT2D eigenvalue weighted by molar-refractivity contribution is 0.427. The minimum absolute atomic E-state index is 0.137. The smallest absolute Gasteiger partial charge is 0.194 e. The van der Waals surface area contributed by atoms with E-state index in [1.54, 1.807) is 12.1 Å². The predicted octanol–water partition coefficient (Wildman–Crippen LogP) is 5.47. The molecule has 0 saturated carbocycles. The zero-order chi connectivity index (χ0) is 16.6. The molecule has 0 radical (unpaired) electrons. The van der Waals surface area contributed by atoms with E-state index in [9.17, 15) is 17.6 Å². The molecular weight excluding hydrogens is 304 g/mol. The van der Waals surface area contributed by atoms with Crippen molar-refractivity contribution in [3.63, 3.8) is 0 Å². The summed E-state index contributed by atoms with van der Waals surface area (Å²) in [5.74, 6) is -4.11. The highest BCUT2D eigenvalue weighted by atomic mass is 19.2. The number of hydrogen-bond donors (Lipinski definition) is 0. The first-order valence-corrected chi connectivity index (χ1v) is 7.94. The summed E-state index contributed by atoms with van der Waals surface area (Å²) < 4.78 is 54.9. The second-order valence-corrected chi connectivity index (χ2v) is 6.17. The minimum atomic E-state index is -1.42. The maximum absolute atomic E-state index is 14.3. The van der Waals surface area contributed by atoms with Gasteiger partial charge in [-0.2, -0.15) is 0 Å². The molecule has 2 aromatic rings. The van der Waals surface area contributed by atoms with E-state index < -0.39 is 17.5 Å². The van der Waals surface area contributed by atoms with Gasteiger partial charge in [-0.1, -0.05) is 25.5 Å². The minimum Gasteiger partial charge on any atom is -0.207 e. The Hall–Kier alpha value is -1.84. The van der Waals surface area contributed by atoms with Gasteiger partial charge in [-0.15, -0.1) is 0 Å². The molecule has 2 aromatic carbocycles. The van der Waals surface area contributed by atoms with Gasteiger partial charge in [-0.25, -0.2) is 17.6 Å². The van der Waals surface area contributed by atoms with Crippen molar-refractivity contribution in [2.24, 2.45) is 0 Å². The Balaban J connectivity index is 1.90. The van der Waals surface area contributed by atoms with Crippen LogP contribution in [0, 0.1) is 23.3 Å². The number of halogens is 4. The first-order chi connectivity index (χ1) is 11.0. The van der Waals surface area contributed by atoms with Gasteiger partial charge in [0.15, 0.2) is 17.5 Å². The van der Waals surface area contributed by atoms with E-state index in [-0.39, 0.29) is 17.3 Å². The Bertz CT molecular complexity index is 737. The molecule has 0 saturated heterocycles. The van der Waals surface area contributed by atoms with Gasteiger partial charge in [-0.05, 0) is 66.0 Å². The molecule has 1 aliphatic carbocycles. The molecule has 0 spiro atoms. The lowest BCUT2D eigenvalue weighted by Crippen LogP contribution is -2.17. The third kappa shape index (κ3) is 2.99. The number of rotatable bonds is 3. The Kier molecular flexibility index (Phi) is 4.42. The first-order valence-electron chi connectivity index (χ1n) is 7.94. The van der Waals surface area contributed by atoms with Crippen LogP contribution < -0.4 is 0 Å². The molecule has 0 fully saturated rings. The zero-order valence-electron chi connectivity index (χ0n) is 12.9. The Morgan fingerprint density at radius 2 is 1.78 bits per heavy atom. The molecule has 1 unspecified atom stereocenters. The Morgan fingerprint density at radius 3 is 2.48 bits per heavy atom. The van der Waals surface area contributed by atoms with Crippen LogP contribution in [0.15, 0.2) is 24.3 Å². The highest BCUT2D eigenvalue weighted by Crippen LogP contribution is 2.36. The standard InChI is InChI=1S/C19H18F4/c1-2-3-11-4-6-14(16(20)8-11)12-5-7-15-13(9-12)10-17(21)19(23)18(15)22/h4,6,8,10,12H,2-3,5,7,9H2,1H3. The first kappa shape index (κ1) is 16.0. The summed E-state index contributed by atoms with van der Waals surface area (Å²) in [5.41, 5.74) is 2.18. The maximum atomic E-state index is 14.3. The largest absolute Gasteiger partial charge is 0.207 e. The maximum Gasteiger partial charge on any atom is 0.194 e. The highest BCUT2D eigenvalue weighted by Gasteiger charge is 2.27. The van der Waals surface area contributed by atoms with Crippen LogP contribution in [0.5, 0.6) is 0 Å². The van der Waals surface area contributed by atoms with Crippen LogP contribution in [-0.2, 0) is 19.3 Å². The van der Waals surface area contributed by atoms with E-state index in [1.165, 1.54) is 0 Å². The van der Waals surface area contributed by atoms with Crippen LogP contribution in [0.3, 0.4) is 0 Å². The molecule has 0 aliphatic heterocycles. The summed E-state index contributed by atoms with van der Waals surface area (Å²) in [6.45, 7) is 2.03. The number of hydrogen-bond acceptors (Lipinski definition) is 0. The van der Waals surface area contributed by atoms with Crippen molar-refractivity contribution in [3.05, 3.63) is 69.8 Å². The molecule has 23 heavy (non-hydrogen) atoms. The van der Waals surface area contributed by atoms with Gasteiger partial charge < -0.3 is 0 Å². The van der Waals surface area contributed by atoms with Gasteiger partial charge in [-0.3, -0.25) is 0 Å². The Morgan fingerprint density at radius 1 is 1.00 bits per heavy atom. The molecule has 122 valence electrons. The van der Waals surface area contributed by atoms with E-state index in [2.05, 4.69) is 0 Å². The van der Waals surface area contributed by atoms with Crippen LogP contribution in [0.2, 0.25) is 0 Å². The molecule has 0 heterocycles. The molecule has 3 rings (SSSR count). The predicted molar refractivity (Wildman–Crippen MR) is 81.5 cm³/mol. The SMILES string of the molecule is CCCc1ccc(C2CCc3c(cc(F)c(F)c3F)C2)c(F)c1. The van der Waals surface area contributed by atoms with E-state index in [0.29, 0.717) is 30.4 Å². The average molecular weight is 322 g/mol. The average Bonchev–Trinajstić information content (AvgIpc) is 2.53. The van der Waals surface area contributed by atoms with Crippen LogP contribution in [0.25, 0.3) is 0 Å². The number of aryl methyl sites for hydroxylation is 1. The van der Waals surface area contributed by atoms with Crippen LogP contribution in [0.4, 0.5) is 17.6 Å². The van der Waals surface area contributed by atoms with Crippen molar-refractivity contribution in [1.82, 2.24) is 0 Å². The van der Waals surface area contributed by atoms with Crippen LogP contribution >= 0.6 is 0 Å². The zero-order valence-corrected chi connectivity index (χ0v) is 12.9. The second-order valence-electron chi connectivity index (χ2n) is 6.17. The van der Waals surface area contributed by atoms with E-state index in [1.807, 2.05) is 13.0 Å². The lowest BCUT2D eigenvalue weighted by atomic mass is 9.79. The van der Waals surface area contributed by atoms with Crippen molar-refractivity contribution in [2.45, 2.75) is 44.9 Å². The fraction of sp³-hybridized carbons (Fsp3) is 0.368. The summed E-state index contributed by atoms with van der Waals surface area (Å²) in [7, 11) is 0. The fourth-order valence-electron chi connectivity index (χ4n) is 3.43.